The van der Waals surface area contributed by atoms with Crippen LogP contribution < -0.4 is 0 Å². The lowest BCUT2D eigenvalue weighted by molar-refractivity contribution is -0.139. The molecule has 1 aliphatic heterocycles. The minimum atomic E-state index is -0.523. The van der Waals surface area contributed by atoms with E-state index in [0.717, 1.165) is 0 Å². The number of ketones is 1. The molecule has 1 aromatic heterocycles. The fourth-order valence-electron chi connectivity index (χ4n) is 1.78. The number of hydrogen-bond donors (Lipinski definition) is 0. The maximum Gasteiger partial charge on any atom is 0.331 e. The van der Waals surface area contributed by atoms with Crippen LogP contribution in [0.2, 0.25) is 0 Å². The molecule has 0 aliphatic carbocycles. The van der Waals surface area contributed by atoms with Crippen LogP contribution in [0.3, 0.4) is 0 Å². The topological polar surface area (TPSA) is 56.5 Å². The summed E-state index contributed by atoms with van der Waals surface area (Å²) in [6, 6.07) is 3.45. The van der Waals surface area contributed by atoms with Gasteiger partial charge in [0.05, 0.1) is 12.2 Å². The number of hydrogen-bond acceptors (Lipinski definition) is 4. The number of Topliss-reactive ketones (excluding diaryl/α,β-unsaturated/α-hetero) is 1. The molecule has 0 spiro atoms. The molecule has 1 aromatic rings. The summed E-state index contributed by atoms with van der Waals surface area (Å²) in [5.41, 5.74) is 0.365. The van der Waals surface area contributed by atoms with E-state index in [2.05, 4.69) is 6.58 Å². The normalized spacial score (nSPS) is 20.1. The van der Waals surface area contributed by atoms with Crippen LogP contribution in [0.5, 0.6) is 0 Å². The van der Waals surface area contributed by atoms with Crippen molar-refractivity contribution in [1.29, 1.82) is 0 Å². The summed E-state index contributed by atoms with van der Waals surface area (Å²) in [7, 11) is 0. The number of rotatable bonds is 4. The molecule has 0 N–H and O–H groups in total. The van der Waals surface area contributed by atoms with Crippen molar-refractivity contribution < 1.29 is 18.7 Å². The average Bonchev–Trinajstić information content (AvgIpc) is 2.90. The summed E-state index contributed by atoms with van der Waals surface area (Å²) in [5, 5.41) is 0. The molecule has 0 amide bonds. The number of carbonyl (C=O) groups is 2. The molecule has 0 unspecified atom stereocenters. The Morgan fingerprint density at radius 1 is 1.53 bits per heavy atom. The van der Waals surface area contributed by atoms with E-state index in [-0.39, 0.29) is 5.78 Å². The number of esters is 1. The van der Waals surface area contributed by atoms with Gasteiger partial charge in [-0.2, -0.15) is 0 Å². The van der Waals surface area contributed by atoms with Gasteiger partial charge in [-0.1, -0.05) is 6.58 Å². The van der Waals surface area contributed by atoms with Gasteiger partial charge >= 0.3 is 5.97 Å². The van der Waals surface area contributed by atoms with Gasteiger partial charge in [-0.25, -0.2) is 4.79 Å². The molecule has 4 heteroatoms. The largest absolute Gasteiger partial charge is 0.469 e. The predicted molar refractivity (Wildman–Crippen MR) is 60.3 cm³/mol. The van der Waals surface area contributed by atoms with Crippen LogP contribution in [0.25, 0.3) is 0 Å². The van der Waals surface area contributed by atoms with E-state index in [1.54, 1.807) is 18.2 Å². The lowest BCUT2D eigenvalue weighted by atomic mass is 9.89. The summed E-state index contributed by atoms with van der Waals surface area (Å²) in [6.45, 7) is 5.17. The summed E-state index contributed by atoms with van der Waals surface area (Å²) in [6.07, 6.45) is 3.94. The zero-order chi connectivity index (χ0) is 12.4. The molecule has 0 bridgehead atoms. The number of cyclic esters (lactones) is 1. The zero-order valence-corrected chi connectivity index (χ0v) is 9.38. The Morgan fingerprint density at radius 3 is 2.76 bits per heavy atom. The Hall–Kier alpha value is -2.10. The molecule has 2 atom stereocenters. The third-order valence-corrected chi connectivity index (χ3v) is 2.68. The minimum absolute atomic E-state index is 0.150. The summed E-state index contributed by atoms with van der Waals surface area (Å²) in [5.74, 6) is -0.453. The SMILES string of the molecule is C=C(C(C)=O)[C@@H](c1ccco1)[C@@H]1C=CC(=O)O1. The molecule has 0 aromatic carbocycles. The fraction of sp³-hybridized carbons (Fsp3) is 0.231. The monoisotopic (exact) mass is 232 g/mol. The zero-order valence-electron chi connectivity index (χ0n) is 9.38. The van der Waals surface area contributed by atoms with Crippen LogP contribution in [0.4, 0.5) is 0 Å². The van der Waals surface area contributed by atoms with Crippen molar-refractivity contribution in [1.82, 2.24) is 0 Å². The Kier molecular flexibility index (Phi) is 2.95. The quantitative estimate of drug-likeness (QED) is 0.588. The lowest BCUT2D eigenvalue weighted by Gasteiger charge is -2.20. The highest BCUT2D eigenvalue weighted by Crippen LogP contribution is 2.32. The Balaban J connectivity index is 2.31. The van der Waals surface area contributed by atoms with Crippen LogP contribution in [0, 0.1) is 0 Å². The molecule has 0 fully saturated rings. The minimum Gasteiger partial charge on any atom is -0.469 e. The Labute approximate surface area is 98.6 Å². The maximum absolute atomic E-state index is 11.4. The van der Waals surface area contributed by atoms with E-state index in [0.29, 0.717) is 11.3 Å². The molecule has 1 aliphatic rings. The average molecular weight is 232 g/mol. The second-order valence-electron chi connectivity index (χ2n) is 3.84. The van der Waals surface area contributed by atoms with Crippen molar-refractivity contribution in [3.05, 3.63) is 48.5 Å². The van der Waals surface area contributed by atoms with Gasteiger partial charge in [0.25, 0.3) is 0 Å². The van der Waals surface area contributed by atoms with E-state index >= 15 is 0 Å². The van der Waals surface area contributed by atoms with Gasteiger partial charge < -0.3 is 9.15 Å². The molecular formula is C13H12O4. The molecular weight excluding hydrogens is 220 g/mol. The second-order valence-corrected chi connectivity index (χ2v) is 3.84. The lowest BCUT2D eigenvalue weighted by Crippen LogP contribution is -2.22. The smallest absolute Gasteiger partial charge is 0.331 e. The first-order valence-electron chi connectivity index (χ1n) is 5.21. The van der Waals surface area contributed by atoms with Gasteiger partial charge in [-0.3, -0.25) is 4.79 Å². The van der Waals surface area contributed by atoms with Crippen molar-refractivity contribution in [2.75, 3.05) is 0 Å². The Bertz CT molecular complexity index is 482. The van der Waals surface area contributed by atoms with Crippen molar-refractivity contribution in [2.24, 2.45) is 0 Å². The molecule has 88 valence electrons. The third kappa shape index (κ3) is 2.20. The van der Waals surface area contributed by atoms with Gasteiger partial charge in [0, 0.05) is 11.6 Å². The summed E-state index contributed by atoms with van der Waals surface area (Å²) in [4.78, 5) is 22.5. The first-order chi connectivity index (χ1) is 8.09. The third-order valence-electron chi connectivity index (χ3n) is 2.68. The summed E-state index contributed by atoms with van der Waals surface area (Å²) >= 11 is 0. The fourth-order valence-corrected chi connectivity index (χ4v) is 1.78. The first kappa shape index (κ1) is 11.4. The van der Waals surface area contributed by atoms with Crippen LogP contribution in [0.15, 0.2) is 47.1 Å². The molecule has 0 saturated carbocycles. The molecule has 4 nitrogen and oxygen atoms in total. The molecule has 2 rings (SSSR count). The van der Waals surface area contributed by atoms with Gasteiger partial charge in [0.15, 0.2) is 5.78 Å². The van der Waals surface area contributed by atoms with E-state index in [1.807, 2.05) is 0 Å². The second kappa shape index (κ2) is 4.41. The van der Waals surface area contributed by atoms with Gasteiger partial charge in [-0.05, 0) is 25.1 Å². The van der Waals surface area contributed by atoms with Crippen molar-refractivity contribution in [2.45, 2.75) is 18.9 Å². The molecule has 0 radical (unpaired) electrons. The van der Waals surface area contributed by atoms with E-state index in [4.69, 9.17) is 9.15 Å². The molecule has 2 heterocycles. The first-order valence-corrected chi connectivity index (χ1v) is 5.21. The van der Waals surface area contributed by atoms with Crippen LogP contribution in [0.1, 0.15) is 18.6 Å². The van der Waals surface area contributed by atoms with Crippen LogP contribution in [-0.4, -0.2) is 17.9 Å². The van der Waals surface area contributed by atoms with Crippen molar-refractivity contribution in [3.63, 3.8) is 0 Å². The van der Waals surface area contributed by atoms with Crippen LogP contribution >= 0.6 is 0 Å². The number of carbonyl (C=O) groups excluding carboxylic acids is 2. The van der Waals surface area contributed by atoms with Gasteiger partial charge in [0.1, 0.15) is 11.9 Å². The molecule has 0 saturated heterocycles. The summed E-state index contributed by atoms with van der Waals surface area (Å²) < 4.78 is 10.4. The molecule has 17 heavy (non-hydrogen) atoms. The van der Waals surface area contributed by atoms with Gasteiger partial charge in [-0.15, -0.1) is 0 Å². The maximum atomic E-state index is 11.4. The van der Waals surface area contributed by atoms with E-state index in [1.165, 1.54) is 19.3 Å². The van der Waals surface area contributed by atoms with E-state index in [9.17, 15) is 9.59 Å². The van der Waals surface area contributed by atoms with E-state index < -0.39 is 18.0 Å². The number of ether oxygens (including phenoxy) is 1. The number of furan rings is 1. The highest BCUT2D eigenvalue weighted by atomic mass is 16.5. The highest BCUT2D eigenvalue weighted by Gasteiger charge is 2.33. The standard InChI is InChI=1S/C13H12O4/c1-8(9(2)14)13(10-4-3-7-16-10)11-5-6-12(15)17-11/h3-7,11,13H,1H2,2H3/t11-,13-/m0/s1. The van der Waals surface area contributed by atoms with Crippen molar-refractivity contribution >= 4 is 11.8 Å². The highest BCUT2D eigenvalue weighted by molar-refractivity contribution is 5.94. The van der Waals surface area contributed by atoms with Gasteiger partial charge in [0.2, 0.25) is 0 Å². The van der Waals surface area contributed by atoms with Crippen LogP contribution in [-0.2, 0) is 14.3 Å². The van der Waals surface area contributed by atoms with Crippen molar-refractivity contribution in [3.8, 4) is 0 Å². The predicted octanol–water partition coefficient (Wildman–Crippen LogP) is 1.99. The Morgan fingerprint density at radius 2 is 2.29 bits per heavy atom.